The predicted octanol–water partition coefficient (Wildman–Crippen LogP) is 3.15. The molecule has 2 atom stereocenters. The fourth-order valence-electron chi connectivity index (χ4n) is 3.79. The molecule has 0 saturated carbocycles. The van der Waals surface area contributed by atoms with Crippen molar-refractivity contribution in [2.45, 2.75) is 39.5 Å². The molecule has 0 aromatic rings. The molecule has 0 fully saturated rings. The fraction of sp³-hybridized carbons (Fsp3) is 0.500. The average Bonchev–Trinajstić information content (AvgIpc) is 2.33. The first-order chi connectivity index (χ1) is 8.51. The van der Waals surface area contributed by atoms with Crippen LogP contribution in [-0.2, 0) is 9.59 Å². The summed E-state index contributed by atoms with van der Waals surface area (Å²) < 4.78 is 0. The quantitative estimate of drug-likeness (QED) is 0.483. The summed E-state index contributed by atoms with van der Waals surface area (Å²) in [6, 6.07) is 0. The number of rotatable bonds is 0. The summed E-state index contributed by atoms with van der Waals surface area (Å²) in [5, 5.41) is 0. The highest BCUT2D eigenvalue weighted by molar-refractivity contribution is 6.20. The lowest BCUT2D eigenvalue weighted by Crippen LogP contribution is -2.38. The van der Waals surface area contributed by atoms with Crippen LogP contribution in [0.15, 0.2) is 34.9 Å². The molecule has 0 bridgehead atoms. The minimum atomic E-state index is 0.0463. The van der Waals surface area contributed by atoms with Crippen molar-refractivity contribution in [3.63, 3.8) is 0 Å². The summed E-state index contributed by atoms with van der Waals surface area (Å²) in [4.78, 5) is 23.9. The lowest BCUT2D eigenvalue weighted by molar-refractivity contribution is -0.116. The highest BCUT2D eigenvalue weighted by atomic mass is 16.1. The van der Waals surface area contributed by atoms with Gasteiger partial charge in [0.15, 0.2) is 11.6 Å². The maximum atomic E-state index is 12.0. The normalized spacial score (nSPS) is 35.2. The second kappa shape index (κ2) is 3.78. The van der Waals surface area contributed by atoms with E-state index in [4.69, 9.17) is 0 Å². The number of hydrogen-bond donors (Lipinski definition) is 0. The van der Waals surface area contributed by atoms with Crippen LogP contribution in [0.5, 0.6) is 0 Å². The van der Waals surface area contributed by atoms with Gasteiger partial charge in [0.05, 0.1) is 0 Å². The highest BCUT2D eigenvalue weighted by Gasteiger charge is 2.44. The Morgan fingerprint density at radius 3 is 2.56 bits per heavy atom. The van der Waals surface area contributed by atoms with Crippen LogP contribution in [0.4, 0.5) is 0 Å². The molecule has 0 saturated heterocycles. The Bertz CT molecular complexity index is 533. The van der Waals surface area contributed by atoms with E-state index in [0.717, 1.165) is 36.8 Å². The first kappa shape index (κ1) is 11.6. The van der Waals surface area contributed by atoms with E-state index in [9.17, 15) is 9.59 Å². The van der Waals surface area contributed by atoms with Crippen molar-refractivity contribution in [3.8, 4) is 0 Å². The lowest BCUT2D eigenvalue weighted by atomic mass is 9.58. The minimum Gasteiger partial charge on any atom is -0.290 e. The summed E-state index contributed by atoms with van der Waals surface area (Å²) in [6.45, 7) is 4.44. The molecule has 3 rings (SSSR count). The van der Waals surface area contributed by atoms with Gasteiger partial charge < -0.3 is 0 Å². The zero-order chi connectivity index (χ0) is 12.9. The van der Waals surface area contributed by atoms with Crippen molar-refractivity contribution in [2.75, 3.05) is 0 Å². The zero-order valence-corrected chi connectivity index (χ0v) is 11.0. The number of allylic oxidation sites excluding steroid dienone is 6. The van der Waals surface area contributed by atoms with E-state index in [2.05, 4.69) is 19.9 Å². The number of hydrogen-bond acceptors (Lipinski definition) is 2. The van der Waals surface area contributed by atoms with Crippen molar-refractivity contribution in [1.29, 1.82) is 0 Å². The van der Waals surface area contributed by atoms with Crippen LogP contribution in [0.2, 0.25) is 0 Å². The van der Waals surface area contributed by atoms with Gasteiger partial charge in [-0.2, -0.15) is 0 Å². The van der Waals surface area contributed by atoms with E-state index >= 15 is 0 Å². The molecule has 2 heteroatoms. The molecule has 2 nitrogen and oxygen atoms in total. The number of carbonyl (C=O) groups is 2. The SMILES string of the molecule is CC1=CCC[C@@]2(C)CC3=C(C[C@@H]12)C(=O)C=CC3=O. The summed E-state index contributed by atoms with van der Waals surface area (Å²) in [7, 11) is 0. The second-order valence-corrected chi connectivity index (χ2v) is 6.09. The van der Waals surface area contributed by atoms with Gasteiger partial charge in [0.2, 0.25) is 0 Å². The molecule has 3 aliphatic rings. The van der Waals surface area contributed by atoms with Crippen molar-refractivity contribution in [3.05, 3.63) is 34.9 Å². The van der Waals surface area contributed by atoms with Gasteiger partial charge in [-0.15, -0.1) is 0 Å². The molecule has 94 valence electrons. The Morgan fingerprint density at radius 2 is 1.83 bits per heavy atom. The second-order valence-electron chi connectivity index (χ2n) is 6.09. The van der Waals surface area contributed by atoms with Crippen molar-refractivity contribution < 1.29 is 9.59 Å². The monoisotopic (exact) mass is 242 g/mol. The topological polar surface area (TPSA) is 34.1 Å². The van der Waals surface area contributed by atoms with Gasteiger partial charge >= 0.3 is 0 Å². The summed E-state index contributed by atoms with van der Waals surface area (Å²) in [6.07, 6.45) is 8.91. The van der Waals surface area contributed by atoms with Gasteiger partial charge in [0.25, 0.3) is 0 Å². The van der Waals surface area contributed by atoms with Crippen LogP contribution in [0.25, 0.3) is 0 Å². The van der Waals surface area contributed by atoms with E-state index < -0.39 is 0 Å². The van der Waals surface area contributed by atoms with Crippen molar-refractivity contribution >= 4 is 11.6 Å². The zero-order valence-electron chi connectivity index (χ0n) is 11.0. The van der Waals surface area contributed by atoms with Gasteiger partial charge in [-0.1, -0.05) is 18.6 Å². The third-order valence-electron chi connectivity index (χ3n) is 4.91. The molecule has 0 N–H and O–H groups in total. The highest BCUT2D eigenvalue weighted by Crippen LogP contribution is 2.52. The Hall–Kier alpha value is -1.44. The molecule has 0 heterocycles. The van der Waals surface area contributed by atoms with E-state index in [1.54, 1.807) is 0 Å². The smallest absolute Gasteiger partial charge is 0.182 e. The van der Waals surface area contributed by atoms with Crippen LogP contribution in [0, 0.1) is 11.3 Å². The molecule has 0 aliphatic heterocycles. The minimum absolute atomic E-state index is 0.0463. The van der Waals surface area contributed by atoms with E-state index in [1.165, 1.54) is 17.7 Å². The Balaban J connectivity index is 2.06. The first-order valence-electron chi connectivity index (χ1n) is 6.67. The molecule has 0 aromatic heterocycles. The van der Waals surface area contributed by atoms with Gasteiger partial charge in [-0.3, -0.25) is 9.59 Å². The number of carbonyl (C=O) groups excluding carboxylic acids is 2. The lowest BCUT2D eigenvalue weighted by Gasteiger charge is -2.46. The molecule has 0 unspecified atom stereocenters. The van der Waals surface area contributed by atoms with Crippen LogP contribution in [0.1, 0.15) is 39.5 Å². The maximum absolute atomic E-state index is 12.0. The molecule has 0 spiro atoms. The third kappa shape index (κ3) is 1.55. The Labute approximate surface area is 107 Å². The maximum Gasteiger partial charge on any atom is 0.182 e. The molecule has 0 radical (unpaired) electrons. The summed E-state index contributed by atoms with van der Waals surface area (Å²) in [5.41, 5.74) is 3.12. The fourth-order valence-corrected chi connectivity index (χ4v) is 3.79. The largest absolute Gasteiger partial charge is 0.290 e. The Kier molecular flexibility index (Phi) is 2.44. The van der Waals surface area contributed by atoms with Gasteiger partial charge in [-0.25, -0.2) is 0 Å². The van der Waals surface area contributed by atoms with Gasteiger partial charge in [-0.05, 0) is 56.1 Å². The first-order valence-corrected chi connectivity index (χ1v) is 6.67. The van der Waals surface area contributed by atoms with E-state index in [0.29, 0.717) is 5.92 Å². The summed E-state index contributed by atoms with van der Waals surface area (Å²) >= 11 is 0. The standard InChI is InChI=1S/C16H18O2/c1-10-4-3-7-16(2)9-12-11(8-13(10)16)14(17)5-6-15(12)18/h4-6,13H,3,7-9H2,1-2H3/t13-,16-/m0/s1. The average molecular weight is 242 g/mol. The molecule has 18 heavy (non-hydrogen) atoms. The Morgan fingerprint density at radius 1 is 1.17 bits per heavy atom. The van der Waals surface area contributed by atoms with Crippen LogP contribution in [0.3, 0.4) is 0 Å². The molecular weight excluding hydrogens is 224 g/mol. The van der Waals surface area contributed by atoms with Crippen LogP contribution >= 0.6 is 0 Å². The van der Waals surface area contributed by atoms with E-state index in [-0.39, 0.29) is 17.0 Å². The van der Waals surface area contributed by atoms with Crippen LogP contribution in [-0.4, -0.2) is 11.6 Å². The number of ketones is 2. The van der Waals surface area contributed by atoms with Gasteiger partial charge in [0.1, 0.15) is 0 Å². The molecular formula is C16H18O2. The van der Waals surface area contributed by atoms with Crippen molar-refractivity contribution in [2.24, 2.45) is 11.3 Å². The third-order valence-corrected chi connectivity index (χ3v) is 4.91. The molecule has 3 aliphatic carbocycles. The van der Waals surface area contributed by atoms with Crippen molar-refractivity contribution in [1.82, 2.24) is 0 Å². The molecule has 0 aromatic carbocycles. The number of fused-ring (bicyclic) bond motifs is 1. The predicted molar refractivity (Wildman–Crippen MR) is 70.0 cm³/mol. The summed E-state index contributed by atoms with van der Waals surface area (Å²) in [5.74, 6) is 0.537. The van der Waals surface area contributed by atoms with E-state index in [1.807, 2.05) is 0 Å². The molecule has 0 amide bonds. The van der Waals surface area contributed by atoms with Gasteiger partial charge in [0, 0.05) is 11.1 Å². The van der Waals surface area contributed by atoms with Crippen LogP contribution < -0.4 is 0 Å².